The Morgan fingerprint density at radius 1 is 1.29 bits per heavy atom. The van der Waals surface area contributed by atoms with Crippen molar-refractivity contribution in [3.05, 3.63) is 58.4 Å². The molecule has 1 amide bonds. The van der Waals surface area contributed by atoms with Crippen LogP contribution in [0.1, 0.15) is 12.0 Å². The molecule has 0 bridgehead atoms. The number of aryl methyl sites for hydroxylation is 1. The Morgan fingerprint density at radius 2 is 2.04 bits per heavy atom. The molecule has 9 heteroatoms. The lowest BCUT2D eigenvalue weighted by molar-refractivity contribution is -0.385. The molecule has 0 fully saturated rings. The van der Waals surface area contributed by atoms with E-state index in [9.17, 15) is 19.7 Å². The fraction of sp³-hybridized carbons (Fsp3) is 0.267. The summed E-state index contributed by atoms with van der Waals surface area (Å²) in [5.74, 6) is -0.910. The first-order chi connectivity index (χ1) is 11.5. The zero-order chi connectivity index (χ0) is 17.4. The highest BCUT2D eigenvalue weighted by molar-refractivity contribution is 5.81. The zero-order valence-electron chi connectivity index (χ0n) is 12.8. The van der Waals surface area contributed by atoms with E-state index in [1.807, 2.05) is 30.3 Å². The van der Waals surface area contributed by atoms with Gasteiger partial charge in [-0.3, -0.25) is 24.4 Å². The molecule has 1 N–H and O–H groups in total. The summed E-state index contributed by atoms with van der Waals surface area (Å²) in [6, 6.07) is 9.19. The van der Waals surface area contributed by atoms with Crippen LogP contribution in [0.4, 0.5) is 5.69 Å². The molecule has 0 saturated carbocycles. The second-order valence-corrected chi connectivity index (χ2v) is 4.89. The van der Waals surface area contributed by atoms with Crippen molar-refractivity contribution in [2.24, 2.45) is 0 Å². The summed E-state index contributed by atoms with van der Waals surface area (Å²) in [5.41, 5.74) is 0.720. The minimum Gasteiger partial charge on any atom is -0.460 e. The normalized spacial score (nSPS) is 10.2. The number of rotatable bonds is 8. The summed E-state index contributed by atoms with van der Waals surface area (Å²) in [7, 11) is 0. The lowest BCUT2D eigenvalue weighted by Crippen LogP contribution is -2.31. The minimum atomic E-state index is -0.563. The van der Waals surface area contributed by atoms with Crippen LogP contribution in [-0.4, -0.2) is 33.1 Å². The van der Waals surface area contributed by atoms with E-state index in [0.29, 0.717) is 0 Å². The molecule has 2 aromatic rings. The standard InChI is InChI=1S/C15H16N4O5/c20-14(6-7-18-10-13(8-17-18)19(22)23)16-9-15(21)24-11-12-4-2-1-3-5-12/h1-5,8,10H,6-7,9,11H2,(H,16,20). The summed E-state index contributed by atoms with van der Waals surface area (Å²) in [5, 5.41) is 16.7. The topological polar surface area (TPSA) is 116 Å². The Morgan fingerprint density at radius 3 is 2.71 bits per heavy atom. The van der Waals surface area contributed by atoms with E-state index < -0.39 is 10.9 Å². The summed E-state index contributed by atoms with van der Waals surface area (Å²) in [4.78, 5) is 33.1. The maximum atomic E-state index is 11.6. The van der Waals surface area contributed by atoms with E-state index >= 15 is 0 Å². The Labute approximate surface area is 137 Å². The van der Waals surface area contributed by atoms with Gasteiger partial charge >= 0.3 is 11.7 Å². The number of hydrogen-bond acceptors (Lipinski definition) is 6. The molecule has 126 valence electrons. The molecule has 0 atom stereocenters. The number of hydrogen-bond donors (Lipinski definition) is 1. The highest BCUT2D eigenvalue weighted by Crippen LogP contribution is 2.07. The fourth-order valence-corrected chi connectivity index (χ4v) is 1.83. The molecule has 1 aromatic heterocycles. The predicted molar refractivity (Wildman–Crippen MR) is 82.7 cm³/mol. The highest BCUT2D eigenvalue weighted by Gasteiger charge is 2.11. The lowest BCUT2D eigenvalue weighted by Gasteiger charge is -2.06. The SMILES string of the molecule is O=C(CCn1cc([N+](=O)[O-])cn1)NCC(=O)OCc1ccccc1. The van der Waals surface area contributed by atoms with Gasteiger partial charge in [-0.1, -0.05) is 30.3 Å². The van der Waals surface area contributed by atoms with Gasteiger partial charge in [0, 0.05) is 13.0 Å². The Kier molecular flexibility index (Phi) is 6.01. The molecule has 1 heterocycles. The van der Waals surface area contributed by atoms with Gasteiger partial charge in [-0.05, 0) is 5.56 Å². The summed E-state index contributed by atoms with van der Waals surface area (Å²) in [6.45, 7) is 0.0934. The monoisotopic (exact) mass is 332 g/mol. The van der Waals surface area contributed by atoms with Crippen LogP contribution in [-0.2, 0) is 27.5 Å². The third kappa shape index (κ3) is 5.52. The van der Waals surface area contributed by atoms with Crippen molar-refractivity contribution in [3.63, 3.8) is 0 Å². The van der Waals surface area contributed by atoms with Gasteiger partial charge in [0.2, 0.25) is 5.91 Å². The van der Waals surface area contributed by atoms with Crippen LogP contribution in [0.15, 0.2) is 42.7 Å². The maximum Gasteiger partial charge on any atom is 0.325 e. The van der Waals surface area contributed by atoms with Crippen LogP contribution in [0, 0.1) is 10.1 Å². The molecule has 0 spiro atoms. The number of ether oxygens (including phenoxy) is 1. The number of nitro groups is 1. The number of benzene rings is 1. The van der Waals surface area contributed by atoms with E-state index in [2.05, 4.69) is 10.4 Å². The quantitative estimate of drug-likeness (QED) is 0.438. The first-order valence-electron chi connectivity index (χ1n) is 7.17. The molecule has 0 radical (unpaired) electrons. The van der Waals surface area contributed by atoms with Crippen molar-refractivity contribution in [2.75, 3.05) is 6.54 Å². The average Bonchev–Trinajstić information content (AvgIpc) is 3.06. The van der Waals surface area contributed by atoms with Gasteiger partial charge < -0.3 is 10.1 Å². The largest absolute Gasteiger partial charge is 0.460 e. The number of nitrogens with zero attached hydrogens (tertiary/aromatic N) is 3. The molecule has 0 aliphatic carbocycles. The third-order valence-corrected chi connectivity index (χ3v) is 3.07. The average molecular weight is 332 g/mol. The second-order valence-electron chi connectivity index (χ2n) is 4.89. The summed E-state index contributed by atoms with van der Waals surface area (Å²) >= 11 is 0. The molecule has 0 aliphatic rings. The number of carbonyl (C=O) groups excluding carboxylic acids is 2. The van der Waals surface area contributed by atoms with Gasteiger partial charge in [-0.2, -0.15) is 5.10 Å². The zero-order valence-corrected chi connectivity index (χ0v) is 12.8. The molecule has 0 unspecified atom stereocenters. The first-order valence-corrected chi connectivity index (χ1v) is 7.17. The number of carbonyl (C=O) groups is 2. The molecule has 2 rings (SSSR count). The Hall–Kier alpha value is -3.23. The van der Waals surface area contributed by atoms with Crippen molar-refractivity contribution in [1.29, 1.82) is 0 Å². The van der Waals surface area contributed by atoms with Crippen LogP contribution in [0.25, 0.3) is 0 Å². The fourth-order valence-electron chi connectivity index (χ4n) is 1.83. The smallest absolute Gasteiger partial charge is 0.325 e. The second kappa shape index (κ2) is 8.42. The van der Waals surface area contributed by atoms with Crippen molar-refractivity contribution >= 4 is 17.6 Å². The molecule has 9 nitrogen and oxygen atoms in total. The molecular formula is C15H16N4O5. The van der Waals surface area contributed by atoms with Crippen LogP contribution in [0.3, 0.4) is 0 Å². The van der Waals surface area contributed by atoms with Crippen molar-refractivity contribution in [2.45, 2.75) is 19.6 Å². The van der Waals surface area contributed by atoms with Gasteiger partial charge in [0.05, 0.1) is 4.92 Å². The molecule has 0 aliphatic heterocycles. The van der Waals surface area contributed by atoms with Crippen molar-refractivity contribution < 1.29 is 19.2 Å². The number of amides is 1. The van der Waals surface area contributed by atoms with Crippen LogP contribution in [0.2, 0.25) is 0 Å². The van der Waals surface area contributed by atoms with E-state index in [-0.39, 0.29) is 37.7 Å². The molecule has 0 saturated heterocycles. The number of esters is 1. The van der Waals surface area contributed by atoms with E-state index in [4.69, 9.17) is 4.74 Å². The van der Waals surface area contributed by atoms with Crippen LogP contribution < -0.4 is 5.32 Å². The molecule has 1 aromatic carbocycles. The summed E-state index contributed by atoms with van der Waals surface area (Å²) in [6.07, 6.45) is 2.39. The Balaban J connectivity index is 1.65. The molecular weight excluding hydrogens is 316 g/mol. The van der Waals surface area contributed by atoms with Crippen molar-refractivity contribution in [3.8, 4) is 0 Å². The maximum absolute atomic E-state index is 11.6. The van der Waals surface area contributed by atoms with E-state index in [1.165, 1.54) is 10.9 Å². The van der Waals surface area contributed by atoms with Crippen molar-refractivity contribution in [1.82, 2.24) is 15.1 Å². The highest BCUT2D eigenvalue weighted by atomic mass is 16.6. The third-order valence-electron chi connectivity index (χ3n) is 3.07. The van der Waals surface area contributed by atoms with E-state index in [1.54, 1.807) is 0 Å². The van der Waals surface area contributed by atoms with E-state index in [0.717, 1.165) is 11.8 Å². The van der Waals surface area contributed by atoms with Gasteiger partial charge in [-0.25, -0.2) is 0 Å². The van der Waals surface area contributed by atoms with Gasteiger partial charge in [0.15, 0.2) is 0 Å². The lowest BCUT2D eigenvalue weighted by atomic mass is 10.2. The number of aromatic nitrogens is 2. The van der Waals surface area contributed by atoms with Gasteiger partial charge in [-0.15, -0.1) is 0 Å². The van der Waals surface area contributed by atoms with Crippen LogP contribution >= 0.6 is 0 Å². The summed E-state index contributed by atoms with van der Waals surface area (Å²) < 4.78 is 6.32. The molecule has 24 heavy (non-hydrogen) atoms. The van der Waals surface area contributed by atoms with Gasteiger partial charge in [0.1, 0.15) is 25.5 Å². The van der Waals surface area contributed by atoms with Gasteiger partial charge in [0.25, 0.3) is 0 Å². The Bertz CT molecular complexity index is 714. The predicted octanol–water partition coefficient (Wildman–Crippen LogP) is 1.04. The number of nitrogens with one attached hydrogen (secondary N) is 1. The van der Waals surface area contributed by atoms with Crippen LogP contribution in [0.5, 0.6) is 0 Å². The first kappa shape index (κ1) is 17.1. The minimum absolute atomic E-state index is 0.0464.